The predicted molar refractivity (Wildman–Crippen MR) is 128 cm³/mol. The van der Waals surface area contributed by atoms with Gasteiger partial charge in [-0.1, -0.05) is 75.7 Å². The van der Waals surface area contributed by atoms with Gasteiger partial charge in [0.15, 0.2) is 12.4 Å². The summed E-state index contributed by atoms with van der Waals surface area (Å²) in [4.78, 5) is 24.5. The second-order valence-corrected chi connectivity index (χ2v) is 8.40. The van der Waals surface area contributed by atoms with Gasteiger partial charge in [0.1, 0.15) is 15.8 Å². The summed E-state index contributed by atoms with van der Waals surface area (Å²) in [6.07, 6.45) is 0. The molecule has 0 aliphatic carbocycles. The van der Waals surface area contributed by atoms with Crippen LogP contribution in [-0.2, 0) is 4.79 Å². The first-order chi connectivity index (χ1) is 15.2. The van der Waals surface area contributed by atoms with E-state index in [1.54, 1.807) is 0 Å². The lowest BCUT2D eigenvalue weighted by atomic mass is 10.2. The van der Waals surface area contributed by atoms with Crippen molar-refractivity contribution in [3.8, 4) is 11.5 Å². The molecule has 166 valence electrons. The molecule has 0 fully saturated rings. The molecule has 0 heterocycles. The van der Waals surface area contributed by atoms with E-state index in [4.69, 9.17) is 67.5 Å². The summed E-state index contributed by atoms with van der Waals surface area (Å²) in [7, 11) is 0. The number of amides is 1. The van der Waals surface area contributed by atoms with E-state index < -0.39 is 12.6 Å². The first-order valence-electron chi connectivity index (χ1n) is 9.00. The van der Waals surface area contributed by atoms with Gasteiger partial charge < -0.3 is 14.8 Å². The van der Waals surface area contributed by atoms with Crippen LogP contribution in [0.3, 0.4) is 0 Å². The van der Waals surface area contributed by atoms with Crippen LogP contribution in [0.1, 0.15) is 15.9 Å². The highest BCUT2D eigenvalue weighted by Gasteiger charge is 2.21. The standard InChI is InChI=1S/C22H14Cl5NO4/c1-11-2-6-13(7-3-11)28-22(30)12-4-8-14(9-5-12)32-15(29)10-31-21-19(26)17(24)16(23)18(25)20(21)27/h2-9H,10H2,1H3,(H,28,30). The highest BCUT2D eigenvalue weighted by Crippen LogP contribution is 2.48. The summed E-state index contributed by atoms with van der Waals surface area (Å²) in [5.41, 5.74) is 2.16. The van der Waals surface area contributed by atoms with Gasteiger partial charge in [0.25, 0.3) is 5.91 Å². The Morgan fingerprint density at radius 1 is 0.781 bits per heavy atom. The first-order valence-corrected chi connectivity index (χ1v) is 10.9. The molecule has 0 spiro atoms. The van der Waals surface area contributed by atoms with Gasteiger partial charge >= 0.3 is 5.97 Å². The Bertz CT molecular complexity index is 1140. The lowest BCUT2D eigenvalue weighted by molar-refractivity contribution is -0.136. The van der Waals surface area contributed by atoms with Crippen molar-refractivity contribution in [3.05, 3.63) is 84.8 Å². The number of halogens is 5. The molecule has 0 saturated carbocycles. The number of ether oxygens (including phenoxy) is 2. The van der Waals surface area contributed by atoms with Crippen LogP contribution in [0.5, 0.6) is 11.5 Å². The number of anilines is 1. The van der Waals surface area contributed by atoms with Gasteiger partial charge in [-0.25, -0.2) is 4.79 Å². The maximum atomic E-state index is 12.3. The molecule has 0 aliphatic heterocycles. The average Bonchev–Trinajstić information content (AvgIpc) is 2.78. The summed E-state index contributed by atoms with van der Waals surface area (Å²) in [6.45, 7) is 1.43. The van der Waals surface area contributed by atoms with Crippen LogP contribution in [0, 0.1) is 6.92 Å². The normalized spacial score (nSPS) is 10.6. The van der Waals surface area contributed by atoms with Gasteiger partial charge in [-0.05, 0) is 43.3 Å². The van der Waals surface area contributed by atoms with Crippen molar-refractivity contribution in [2.24, 2.45) is 0 Å². The zero-order chi connectivity index (χ0) is 23.4. The van der Waals surface area contributed by atoms with E-state index in [1.807, 2.05) is 31.2 Å². The van der Waals surface area contributed by atoms with Gasteiger partial charge in [-0.3, -0.25) is 4.79 Å². The average molecular weight is 534 g/mol. The molecule has 1 amide bonds. The van der Waals surface area contributed by atoms with E-state index in [0.717, 1.165) is 5.56 Å². The summed E-state index contributed by atoms with van der Waals surface area (Å²) in [5.74, 6) is -0.908. The monoisotopic (exact) mass is 531 g/mol. The minimum atomic E-state index is -0.740. The Balaban J connectivity index is 1.59. The minimum absolute atomic E-state index is 0.0234. The van der Waals surface area contributed by atoms with E-state index in [-0.39, 0.29) is 42.5 Å². The van der Waals surface area contributed by atoms with Gasteiger partial charge in [0, 0.05) is 11.3 Å². The Morgan fingerprint density at radius 3 is 1.88 bits per heavy atom. The summed E-state index contributed by atoms with van der Waals surface area (Å²) in [6, 6.07) is 13.4. The topological polar surface area (TPSA) is 64.6 Å². The molecule has 0 unspecified atom stereocenters. The number of benzene rings is 3. The Kier molecular flexibility index (Phi) is 8.15. The number of esters is 1. The first kappa shape index (κ1) is 24.5. The quantitative estimate of drug-likeness (QED) is 0.154. The Morgan fingerprint density at radius 2 is 1.31 bits per heavy atom. The Labute approximate surface area is 209 Å². The zero-order valence-electron chi connectivity index (χ0n) is 16.3. The molecule has 3 rings (SSSR count). The predicted octanol–water partition coefficient (Wildman–Crippen LogP) is 7.50. The van der Waals surface area contributed by atoms with Gasteiger partial charge in [-0.15, -0.1) is 0 Å². The van der Waals surface area contributed by atoms with Crippen LogP contribution < -0.4 is 14.8 Å². The molecule has 32 heavy (non-hydrogen) atoms. The maximum Gasteiger partial charge on any atom is 0.349 e. The highest BCUT2D eigenvalue weighted by atomic mass is 35.5. The number of rotatable bonds is 6. The van der Waals surface area contributed by atoms with Crippen molar-refractivity contribution in [2.75, 3.05) is 11.9 Å². The van der Waals surface area contributed by atoms with E-state index in [9.17, 15) is 9.59 Å². The summed E-state index contributed by atoms with van der Waals surface area (Å²) < 4.78 is 10.5. The molecule has 0 aliphatic rings. The zero-order valence-corrected chi connectivity index (χ0v) is 20.1. The fraction of sp³-hybridized carbons (Fsp3) is 0.0909. The number of carbonyl (C=O) groups excluding carboxylic acids is 2. The maximum absolute atomic E-state index is 12.3. The number of hydrogen-bond acceptors (Lipinski definition) is 4. The van der Waals surface area contributed by atoms with Crippen LogP contribution >= 0.6 is 58.0 Å². The molecular weight excluding hydrogens is 520 g/mol. The molecule has 0 atom stereocenters. The molecule has 3 aromatic rings. The third-order valence-corrected chi connectivity index (χ3v) is 6.40. The van der Waals surface area contributed by atoms with E-state index in [1.165, 1.54) is 24.3 Å². The molecule has 0 bridgehead atoms. The van der Waals surface area contributed by atoms with Gasteiger partial charge in [-0.2, -0.15) is 0 Å². The minimum Gasteiger partial charge on any atom is -0.479 e. The van der Waals surface area contributed by atoms with Gasteiger partial charge in [0.05, 0.1) is 15.1 Å². The lowest BCUT2D eigenvalue weighted by Gasteiger charge is -2.13. The second-order valence-electron chi connectivity index (χ2n) is 6.51. The molecule has 0 radical (unpaired) electrons. The highest BCUT2D eigenvalue weighted by molar-refractivity contribution is 6.55. The van der Waals surface area contributed by atoms with Crippen molar-refractivity contribution >= 4 is 75.6 Å². The molecule has 0 aromatic heterocycles. The summed E-state index contributed by atoms with van der Waals surface area (Å²) >= 11 is 30.0. The van der Waals surface area contributed by atoms with Crippen LogP contribution in [0.15, 0.2) is 48.5 Å². The van der Waals surface area contributed by atoms with Crippen LogP contribution in [0.25, 0.3) is 0 Å². The number of hydrogen-bond donors (Lipinski definition) is 1. The molecular formula is C22H14Cl5NO4. The van der Waals surface area contributed by atoms with Crippen molar-refractivity contribution in [1.29, 1.82) is 0 Å². The van der Waals surface area contributed by atoms with Crippen molar-refractivity contribution < 1.29 is 19.1 Å². The third-order valence-electron chi connectivity index (χ3n) is 4.16. The molecule has 1 N–H and O–H groups in total. The van der Waals surface area contributed by atoms with Crippen molar-refractivity contribution in [3.63, 3.8) is 0 Å². The third kappa shape index (κ3) is 5.80. The molecule has 3 aromatic carbocycles. The largest absolute Gasteiger partial charge is 0.479 e. The fourth-order valence-corrected chi connectivity index (χ4v) is 3.75. The fourth-order valence-electron chi connectivity index (χ4n) is 2.52. The van der Waals surface area contributed by atoms with E-state index in [0.29, 0.717) is 11.3 Å². The number of aryl methyl sites for hydroxylation is 1. The van der Waals surface area contributed by atoms with E-state index in [2.05, 4.69) is 5.32 Å². The van der Waals surface area contributed by atoms with Crippen molar-refractivity contribution in [2.45, 2.75) is 6.92 Å². The smallest absolute Gasteiger partial charge is 0.349 e. The second kappa shape index (κ2) is 10.6. The molecule has 0 saturated heterocycles. The SMILES string of the molecule is Cc1ccc(NC(=O)c2ccc(OC(=O)COc3c(Cl)c(Cl)c(Cl)c(Cl)c3Cl)cc2)cc1. The Hall–Kier alpha value is -2.15. The van der Waals surface area contributed by atoms with Gasteiger partial charge in [0.2, 0.25) is 0 Å². The molecule has 5 nitrogen and oxygen atoms in total. The number of carbonyl (C=O) groups is 2. The van der Waals surface area contributed by atoms with Crippen molar-refractivity contribution in [1.82, 2.24) is 0 Å². The summed E-state index contributed by atoms with van der Waals surface area (Å²) in [5, 5.41) is 2.50. The van der Waals surface area contributed by atoms with E-state index >= 15 is 0 Å². The van der Waals surface area contributed by atoms with Crippen LogP contribution in [0.2, 0.25) is 25.1 Å². The van der Waals surface area contributed by atoms with Crippen LogP contribution in [-0.4, -0.2) is 18.5 Å². The lowest BCUT2D eigenvalue weighted by Crippen LogP contribution is -2.18. The van der Waals surface area contributed by atoms with Crippen LogP contribution in [0.4, 0.5) is 5.69 Å². The molecule has 10 heteroatoms. The number of nitrogens with one attached hydrogen (secondary N) is 1.